The Kier molecular flexibility index (Phi) is 11.7. The second-order valence-electron chi connectivity index (χ2n) is 10.2. The second kappa shape index (κ2) is 14.6. The highest BCUT2D eigenvalue weighted by Crippen LogP contribution is 2.32. The third kappa shape index (κ3) is 7.78. The zero-order chi connectivity index (χ0) is 31.2. The first-order valence-corrected chi connectivity index (χ1v) is 16.3. The van der Waals surface area contributed by atoms with E-state index in [9.17, 15) is 18.0 Å². The van der Waals surface area contributed by atoms with Gasteiger partial charge in [-0.1, -0.05) is 78.5 Å². The highest BCUT2D eigenvalue weighted by Gasteiger charge is 2.35. The fourth-order valence-corrected chi connectivity index (χ4v) is 6.59. The maximum absolute atomic E-state index is 14.3. The fraction of sp³-hybridized carbons (Fsp3) is 0.355. The van der Waals surface area contributed by atoms with Crippen LogP contribution in [0, 0.1) is 13.8 Å². The van der Waals surface area contributed by atoms with Crippen LogP contribution in [-0.2, 0) is 26.2 Å². The Hall–Kier alpha value is -2.78. The molecule has 3 aromatic carbocycles. The van der Waals surface area contributed by atoms with Crippen molar-refractivity contribution in [2.75, 3.05) is 10.8 Å². The molecule has 0 spiro atoms. The third-order valence-electron chi connectivity index (χ3n) is 7.17. The number of nitrogens with zero attached hydrogens (tertiary/aromatic N) is 2. The number of carbonyl (C=O) groups excluding carboxylic acids is 2. The molecule has 0 saturated carbocycles. The molecular formula is C31H36Cl3N3O4S. The molecule has 0 aliphatic rings. The van der Waals surface area contributed by atoms with Crippen molar-refractivity contribution < 1.29 is 18.0 Å². The lowest BCUT2D eigenvalue weighted by Gasteiger charge is -2.34. The Morgan fingerprint density at radius 1 is 0.857 bits per heavy atom. The van der Waals surface area contributed by atoms with Gasteiger partial charge in [-0.05, 0) is 75.6 Å². The van der Waals surface area contributed by atoms with Gasteiger partial charge in [-0.15, -0.1) is 0 Å². The van der Waals surface area contributed by atoms with E-state index in [1.54, 1.807) is 62.4 Å². The van der Waals surface area contributed by atoms with E-state index >= 15 is 0 Å². The van der Waals surface area contributed by atoms with Gasteiger partial charge in [0.2, 0.25) is 11.8 Å². The van der Waals surface area contributed by atoms with Crippen LogP contribution in [0.15, 0.2) is 65.6 Å². The number of amides is 2. The summed E-state index contributed by atoms with van der Waals surface area (Å²) in [7, 11) is -4.23. The zero-order valence-electron chi connectivity index (χ0n) is 24.3. The first kappa shape index (κ1) is 33.7. The molecule has 3 rings (SSSR count). The molecule has 42 heavy (non-hydrogen) atoms. The summed E-state index contributed by atoms with van der Waals surface area (Å²) in [6.45, 7) is 8.46. The number of carbonyl (C=O) groups is 2. The number of benzene rings is 3. The summed E-state index contributed by atoms with van der Waals surface area (Å²) in [5.41, 5.74) is 2.08. The first-order valence-electron chi connectivity index (χ1n) is 13.7. The zero-order valence-corrected chi connectivity index (χ0v) is 27.4. The van der Waals surface area contributed by atoms with Crippen LogP contribution >= 0.6 is 34.8 Å². The molecule has 1 N–H and O–H groups in total. The van der Waals surface area contributed by atoms with E-state index < -0.39 is 28.5 Å². The molecule has 2 amide bonds. The molecule has 2 atom stereocenters. The maximum atomic E-state index is 14.3. The van der Waals surface area contributed by atoms with Gasteiger partial charge in [0.05, 0.1) is 10.6 Å². The van der Waals surface area contributed by atoms with E-state index in [4.69, 9.17) is 34.8 Å². The molecule has 0 unspecified atom stereocenters. The summed E-state index contributed by atoms with van der Waals surface area (Å²) in [6.07, 6.45) is 0.972. The minimum absolute atomic E-state index is 0.0162. The van der Waals surface area contributed by atoms with Crippen LogP contribution in [0.25, 0.3) is 0 Å². The van der Waals surface area contributed by atoms with Gasteiger partial charge in [0, 0.05) is 33.2 Å². The minimum atomic E-state index is -4.23. The average Bonchev–Trinajstić information content (AvgIpc) is 2.94. The van der Waals surface area contributed by atoms with Crippen molar-refractivity contribution >= 4 is 62.3 Å². The van der Waals surface area contributed by atoms with Crippen LogP contribution in [0.1, 0.15) is 50.3 Å². The summed E-state index contributed by atoms with van der Waals surface area (Å²) in [5, 5.41) is 3.95. The Morgan fingerprint density at radius 2 is 1.43 bits per heavy atom. The second-order valence-corrected chi connectivity index (χ2v) is 13.3. The van der Waals surface area contributed by atoms with Crippen LogP contribution in [0.5, 0.6) is 0 Å². The third-order valence-corrected chi connectivity index (χ3v) is 10.1. The minimum Gasteiger partial charge on any atom is -0.352 e. The summed E-state index contributed by atoms with van der Waals surface area (Å²) < 4.78 is 29.2. The number of rotatable bonds is 12. The van der Waals surface area contributed by atoms with E-state index in [1.807, 2.05) is 20.8 Å². The molecule has 7 nitrogen and oxygen atoms in total. The number of nitrogens with one attached hydrogen (secondary N) is 1. The van der Waals surface area contributed by atoms with Gasteiger partial charge >= 0.3 is 0 Å². The van der Waals surface area contributed by atoms with E-state index in [1.165, 1.54) is 17.0 Å². The van der Waals surface area contributed by atoms with Crippen molar-refractivity contribution in [1.29, 1.82) is 0 Å². The molecule has 0 fully saturated rings. The molecule has 0 heterocycles. The highest BCUT2D eigenvalue weighted by molar-refractivity contribution is 7.92. The topological polar surface area (TPSA) is 86.8 Å². The molecule has 226 valence electrons. The van der Waals surface area contributed by atoms with Crippen molar-refractivity contribution in [1.82, 2.24) is 10.2 Å². The monoisotopic (exact) mass is 651 g/mol. The smallest absolute Gasteiger partial charge is 0.264 e. The summed E-state index contributed by atoms with van der Waals surface area (Å²) in [4.78, 5) is 29.1. The van der Waals surface area contributed by atoms with Gasteiger partial charge in [0.25, 0.3) is 10.0 Å². The summed E-state index contributed by atoms with van der Waals surface area (Å²) >= 11 is 19.3. The molecule has 0 aliphatic carbocycles. The molecule has 11 heteroatoms. The lowest BCUT2D eigenvalue weighted by molar-refractivity contribution is -0.140. The molecule has 0 bridgehead atoms. The molecular weight excluding hydrogens is 617 g/mol. The molecule has 0 aromatic heterocycles. The number of anilines is 1. The van der Waals surface area contributed by atoms with Crippen molar-refractivity contribution in [3.8, 4) is 0 Å². The normalized spacial score (nSPS) is 12.9. The van der Waals surface area contributed by atoms with Gasteiger partial charge < -0.3 is 10.2 Å². The molecule has 3 aromatic rings. The van der Waals surface area contributed by atoms with Crippen molar-refractivity contribution in [2.45, 2.75) is 71.0 Å². The Balaban J connectivity index is 2.14. The van der Waals surface area contributed by atoms with Gasteiger partial charge in [0.1, 0.15) is 12.6 Å². The van der Waals surface area contributed by atoms with Crippen molar-refractivity contribution in [2.24, 2.45) is 0 Å². The van der Waals surface area contributed by atoms with Crippen LogP contribution in [0.2, 0.25) is 15.1 Å². The number of sulfonamides is 1. The van der Waals surface area contributed by atoms with Gasteiger partial charge in [-0.3, -0.25) is 13.9 Å². The van der Waals surface area contributed by atoms with Gasteiger partial charge in [-0.25, -0.2) is 8.42 Å². The van der Waals surface area contributed by atoms with Crippen LogP contribution in [0.4, 0.5) is 5.69 Å². The Morgan fingerprint density at radius 3 is 2.00 bits per heavy atom. The largest absolute Gasteiger partial charge is 0.352 e. The predicted molar refractivity (Wildman–Crippen MR) is 171 cm³/mol. The van der Waals surface area contributed by atoms with Crippen molar-refractivity contribution in [3.63, 3.8) is 0 Å². The van der Waals surface area contributed by atoms with Crippen LogP contribution in [-0.4, -0.2) is 43.8 Å². The molecule has 0 aliphatic heterocycles. The average molecular weight is 653 g/mol. The lowest BCUT2D eigenvalue weighted by Crippen LogP contribution is -2.53. The van der Waals surface area contributed by atoms with Gasteiger partial charge in [-0.2, -0.15) is 0 Å². The SMILES string of the molecule is CC[C@H](C(=O)N[C@@H](C)CC)N(Cc1c(Cl)cccc1Cl)C(=O)CN(c1cccc(Cl)c1C)S(=O)(=O)c1ccc(C)cc1. The van der Waals surface area contributed by atoms with Crippen LogP contribution < -0.4 is 9.62 Å². The summed E-state index contributed by atoms with van der Waals surface area (Å²) in [5.74, 6) is -0.956. The van der Waals surface area contributed by atoms with Crippen LogP contribution in [0.3, 0.4) is 0 Å². The molecule has 0 radical (unpaired) electrons. The maximum Gasteiger partial charge on any atom is 0.264 e. The lowest BCUT2D eigenvalue weighted by atomic mass is 10.1. The van der Waals surface area contributed by atoms with E-state index in [2.05, 4.69) is 5.32 Å². The first-order chi connectivity index (χ1) is 19.8. The highest BCUT2D eigenvalue weighted by atomic mass is 35.5. The van der Waals surface area contributed by atoms with E-state index in [0.29, 0.717) is 32.6 Å². The standard InChI is InChI=1S/C31H36Cl3N3O4S/c1-6-21(4)35-31(39)28(7-2)36(18-24-26(33)11-8-12-27(24)34)30(38)19-37(29-13-9-10-25(32)22(29)5)42(40,41)23-16-14-20(3)15-17-23/h8-17,21,28H,6-7,18-19H2,1-5H3,(H,35,39)/t21-,28+/m0/s1. The number of halogens is 3. The number of hydrogen-bond donors (Lipinski definition) is 1. The summed E-state index contributed by atoms with van der Waals surface area (Å²) in [6, 6.07) is 15.2. The molecule has 0 saturated heterocycles. The number of hydrogen-bond acceptors (Lipinski definition) is 4. The Labute approximate surface area is 263 Å². The Bertz CT molecular complexity index is 1510. The van der Waals surface area contributed by atoms with Crippen molar-refractivity contribution in [3.05, 3.63) is 92.4 Å². The fourth-order valence-electron chi connectivity index (χ4n) is 4.43. The van der Waals surface area contributed by atoms with E-state index in [0.717, 1.165) is 9.87 Å². The number of aryl methyl sites for hydroxylation is 1. The quantitative estimate of drug-likeness (QED) is 0.225. The van der Waals surface area contributed by atoms with Gasteiger partial charge in [0.15, 0.2) is 0 Å². The predicted octanol–water partition coefficient (Wildman–Crippen LogP) is 7.18. The van der Waals surface area contributed by atoms with E-state index in [-0.39, 0.29) is 35.5 Å².